The molecule has 0 amide bonds. The van der Waals surface area contributed by atoms with Crippen molar-refractivity contribution in [2.24, 2.45) is 0 Å². The molecule has 1 aromatic heterocycles. The van der Waals surface area contributed by atoms with Crippen LogP contribution in [0.15, 0.2) is 91.3 Å². The predicted octanol–water partition coefficient (Wildman–Crippen LogP) is 5.62. The molecule has 1 N–H and O–H groups in total. The summed E-state index contributed by atoms with van der Waals surface area (Å²) in [5.41, 5.74) is 6.48. The number of hydrogen-bond acceptors (Lipinski definition) is 4. The van der Waals surface area contributed by atoms with Crippen LogP contribution >= 0.6 is 0 Å². The molecular formula is C24H22N4. The third kappa shape index (κ3) is 4.01. The van der Waals surface area contributed by atoms with Crippen LogP contribution in [0.4, 0.5) is 17.2 Å². The monoisotopic (exact) mass is 366 g/mol. The zero-order chi connectivity index (χ0) is 19.3. The molecule has 4 rings (SSSR count). The summed E-state index contributed by atoms with van der Waals surface area (Å²) >= 11 is 0. The molecule has 4 nitrogen and oxygen atoms in total. The maximum atomic E-state index is 4.44. The van der Waals surface area contributed by atoms with Crippen LogP contribution in [0.5, 0.6) is 0 Å². The van der Waals surface area contributed by atoms with E-state index < -0.39 is 0 Å². The van der Waals surface area contributed by atoms with E-state index >= 15 is 0 Å². The molecule has 0 saturated heterocycles. The quantitative estimate of drug-likeness (QED) is 0.498. The number of aromatic nitrogens is 2. The number of anilines is 3. The van der Waals surface area contributed by atoms with Gasteiger partial charge in [0.05, 0.1) is 5.69 Å². The topological polar surface area (TPSA) is 41.0 Å². The zero-order valence-electron chi connectivity index (χ0n) is 16.0. The molecule has 4 aromatic rings. The van der Waals surface area contributed by atoms with E-state index in [2.05, 4.69) is 80.8 Å². The van der Waals surface area contributed by atoms with Crippen molar-refractivity contribution in [3.05, 3.63) is 91.3 Å². The average Bonchev–Trinajstić information content (AvgIpc) is 2.75. The lowest BCUT2D eigenvalue weighted by molar-refractivity contribution is 1.13. The predicted molar refractivity (Wildman–Crippen MR) is 117 cm³/mol. The van der Waals surface area contributed by atoms with Gasteiger partial charge in [0.25, 0.3) is 0 Å². The normalized spacial score (nSPS) is 10.5. The molecular weight excluding hydrogens is 344 g/mol. The van der Waals surface area contributed by atoms with Crippen molar-refractivity contribution < 1.29 is 0 Å². The Bertz CT molecular complexity index is 1060. The van der Waals surface area contributed by atoms with Crippen LogP contribution in [-0.2, 0) is 0 Å². The van der Waals surface area contributed by atoms with E-state index in [4.69, 9.17) is 0 Å². The van der Waals surface area contributed by atoms with Crippen molar-refractivity contribution in [3.8, 4) is 22.4 Å². The van der Waals surface area contributed by atoms with Crippen molar-refractivity contribution in [2.45, 2.75) is 0 Å². The summed E-state index contributed by atoms with van der Waals surface area (Å²) in [6.07, 6.45) is 1.60. The Kier molecular flexibility index (Phi) is 5.02. The highest BCUT2D eigenvalue weighted by atomic mass is 15.1. The molecule has 4 heteroatoms. The number of benzene rings is 3. The van der Waals surface area contributed by atoms with Gasteiger partial charge in [-0.05, 0) is 29.3 Å². The van der Waals surface area contributed by atoms with Crippen LogP contribution in [0.3, 0.4) is 0 Å². The van der Waals surface area contributed by atoms with E-state index in [1.54, 1.807) is 6.33 Å². The van der Waals surface area contributed by atoms with Crippen molar-refractivity contribution in [1.82, 2.24) is 9.97 Å². The van der Waals surface area contributed by atoms with Crippen molar-refractivity contribution in [3.63, 3.8) is 0 Å². The standard InChI is InChI=1S/C24H22N4/c1-28(2)22-10-6-9-21(15-22)27-24-16-23(25-17-26-24)20-13-11-19(12-14-20)18-7-4-3-5-8-18/h3-17H,1-2H3,(H,25,26,27). The molecule has 0 aliphatic carbocycles. The van der Waals surface area contributed by atoms with Gasteiger partial charge in [0, 0.05) is 37.1 Å². The van der Waals surface area contributed by atoms with Gasteiger partial charge in [-0.2, -0.15) is 0 Å². The first-order chi connectivity index (χ1) is 13.7. The highest BCUT2D eigenvalue weighted by Crippen LogP contribution is 2.26. The lowest BCUT2D eigenvalue weighted by Gasteiger charge is -2.14. The maximum Gasteiger partial charge on any atom is 0.134 e. The van der Waals surface area contributed by atoms with E-state index in [0.717, 1.165) is 28.5 Å². The molecule has 0 aliphatic heterocycles. The van der Waals surface area contributed by atoms with Crippen LogP contribution in [0.2, 0.25) is 0 Å². The summed E-state index contributed by atoms with van der Waals surface area (Å²) < 4.78 is 0. The van der Waals surface area contributed by atoms with E-state index in [0.29, 0.717) is 0 Å². The molecule has 1 heterocycles. The van der Waals surface area contributed by atoms with E-state index in [1.165, 1.54) is 11.1 Å². The van der Waals surface area contributed by atoms with Crippen molar-refractivity contribution >= 4 is 17.2 Å². The minimum absolute atomic E-state index is 0.771. The smallest absolute Gasteiger partial charge is 0.134 e. The molecule has 0 bridgehead atoms. The van der Waals surface area contributed by atoms with E-state index in [-0.39, 0.29) is 0 Å². The van der Waals surface area contributed by atoms with Crippen LogP contribution in [-0.4, -0.2) is 24.1 Å². The summed E-state index contributed by atoms with van der Waals surface area (Å²) in [5, 5.41) is 3.37. The minimum Gasteiger partial charge on any atom is -0.378 e. The highest BCUT2D eigenvalue weighted by molar-refractivity contribution is 5.71. The number of nitrogens with zero attached hydrogens (tertiary/aromatic N) is 3. The largest absolute Gasteiger partial charge is 0.378 e. The third-order valence-electron chi connectivity index (χ3n) is 4.59. The molecule has 0 saturated carbocycles. The SMILES string of the molecule is CN(C)c1cccc(Nc2cc(-c3ccc(-c4ccccc4)cc3)ncn2)c1. The van der Waals surface area contributed by atoms with Crippen LogP contribution in [0.25, 0.3) is 22.4 Å². The molecule has 28 heavy (non-hydrogen) atoms. The van der Waals surface area contributed by atoms with Crippen LogP contribution in [0, 0.1) is 0 Å². The molecule has 0 radical (unpaired) electrons. The zero-order valence-corrected chi connectivity index (χ0v) is 16.0. The third-order valence-corrected chi connectivity index (χ3v) is 4.59. The van der Waals surface area contributed by atoms with Gasteiger partial charge < -0.3 is 10.2 Å². The fourth-order valence-corrected chi connectivity index (χ4v) is 3.06. The fraction of sp³-hybridized carbons (Fsp3) is 0.0833. The Morgan fingerprint density at radius 1 is 0.679 bits per heavy atom. The number of hydrogen-bond donors (Lipinski definition) is 1. The Morgan fingerprint density at radius 3 is 2.14 bits per heavy atom. The average molecular weight is 366 g/mol. The second-order valence-corrected chi connectivity index (χ2v) is 6.80. The fourth-order valence-electron chi connectivity index (χ4n) is 3.06. The van der Waals surface area contributed by atoms with Crippen LogP contribution < -0.4 is 10.2 Å². The second kappa shape index (κ2) is 7.92. The van der Waals surface area contributed by atoms with Gasteiger partial charge in [0.2, 0.25) is 0 Å². The Labute approximate surface area is 165 Å². The van der Waals surface area contributed by atoms with Gasteiger partial charge in [0.1, 0.15) is 12.1 Å². The molecule has 0 fully saturated rings. The van der Waals surface area contributed by atoms with E-state index in [1.807, 2.05) is 38.4 Å². The summed E-state index contributed by atoms with van der Waals surface area (Å²) in [5.74, 6) is 0.771. The van der Waals surface area contributed by atoms with Crippen molar-refractivity contribution in [2.75, 3.05) is 24.3 Å². The summed E-state index contributed by atoms with van der Waals surface area (Å²) in [6, 6.07) is 29.0. The van der Waals surface area contributed by atoms with Gasteiger partial charge in [-0.25, -0.2) is 9.97 Å². The molecule has 0 atom stereocenters. The van der Waals surface area contributed by atoms with Gasteiger partial charge in [-0.3, -0.25) is 0 Å². The number of rotatable bonds is 5. The van der Waals surface area contributed by atoms with Gasteiger partial charge >= 0.3 is 0 Å². The Hall–Kier alpha value is -3.66. The summed E-state index contributed by atoms with van der Waals surface area (Å²) in [4.78, 5) is 10.9. The maximum absolute atomic E-state index is 4.44. The van der Waals surface area contributed by atoms with Crippen LogP contribution in [0.1, 0.15) is 0 Å². The molecule has 0 unspecified atom stereocenters. The number of nitrogens with one attached hydrogen (secondary N) is 1. The first kappa shape index (κ1) is 17.7. The summed E-state index contributed by atoms with van der Waals surface area (Å²) in [6.45, 7) is 0. The van der Waals surface area contributed by atoms with Gasteiger partial charge in [0.15, 0.2) is 0 Å². The minimum atomic E-state index is 0.771. The second-order valence-electron chi connectivity index (χ2n) is 6.80. The first-order valence-corrected chi connectivity index (χ1v) is 9.21. The summed E-state index contributed by atoms with van der Waals surface area (Å²) in [7, 11) is 4.06. The molecule has 0 spiro atoms. The van der Waals surface area contributed by atoms with E-state index in [9.17, 15) is 0 Å². The lowest BCUT2D eigenvalue weighted by atomic mass is 10.0. The first-order valence-electron chi connectivity index (χ1n) is 9.21. The van der Waals surface area contributed by atoms with Crippen molar-refractivity contribution in [1.29, 1.82) is 0 Å². The lowest BCUT2D eigenvalue weighted by Crippen LogP contribution is -2.08. The molecule has 138 valence electrons. The molecule has 0 aliphatic rings. The molecule has 3 aromatic carbocycles. The van der Waals surface area contributed by atoms with Gasteiger partial charge in [-0.1, -0.05) is 60.7 Å². The highest BCUT2D eigenvalue weighted by Gasteiger charge is 2.05. The van der Waals surface area contributed by atoms with Gasteiger partial charge in [-0.15, -0.1) is 0 Å². The Morgan fingerprint density at radius 2 is 1.39 bits per heavy atom. The Balaban J connectivity index is 1.56.